The molecule has 18 heavy (non-hydrogen) atoms. The van der Waals surface area contributed by atoms with E-state index in [1.807, 2.05) is 0 Å². The smallest absolute Gasteiger partial charge is 0.376 e. The second-order valence-electron chi connectivity index (χ2n) is 3.69. The minimum Gasteiger partial charge on any atom is -0.463 e. The van der Waals surface area contributed by atoms with Crippen LogP contribution in [0.25, 0.3) is 0 Å². The minimum absolute atomic E-state index is 0.0379. The SMILES string of the molecule is CNC(=O)C(C)Nc1cc(C)nc(C(=O)OC)n1. The van der Waals surface area contributed by atoms with Crippen LogP contribution in [0.1, 0.15) is 23.2 Å². The van der Waals surface area contributed by atoms with Crippen LogP contribution in [0.4, 0.5) is 5.82 Å². The molecule has 0 aliphatic carbocycles. The molecule has 98 valence electrons. The highest BCUT2D eigenvalue weighted by Gasteiger charge is 2.15. The quantitative estimate of drug-likeness (QED) is 0.739. The van der Waals surface area contributed by atoms with E-state index in [0.29, 0.717) is 11.5 Å². The predicted octanol–water partition coefficient (Wildman–Crippen LogP) is 0.118. The molecule has 0 saturated heterocycles. The number of likely N-dealkylation sites (N-methyl/N-ethyl adjacent to an activating group) is 1. The molecule has 0 radical (unpaired) electrons. The van der Waals surface area contributed by atoms with Gasteiger partial charge in [0.25, 0.3) is 0 Å². The van der Waals surface area contributed by atoms with Crippen molar-refractivity contribution in [1.82, 2.24) is 15.3 Å². The Hall–Kier alpha value is -2.18. The van der Waals surface area contributed by atoms with Crippen molar-refractivity contribution in [3.63, 3.8) is 0 Å². The van der Waals surface area contributed by atoms with Crippen molar-refractivity contribution in [1.29, 1.82) is 0 Å². The number of rotatable bonds is 4. The molecule has 1 amide bonds. The number of esters is 1. The van der Waals surface area contributed by atoms with Crippen molar-refractivity contribution in [3.8, 4) is 0 Å². The van der Waals surface area contributed by atoms with Gasteiger partial charge in [-0.25, -0.2) is 14.8 Å². The molecule has 0 spiro atoms. The number of nitrogens with zero attached hydrogens (tertiary/aromatic N) is 2. The molecule has 0 aliphatic rings. The van der Waals surface area contributed by atoms with Crippen molar-refractivity contribution in [2.45, 2.75) is 19.9 Å². The fraction of sp³-hybridized carbons (Fsp3) is 0.455. The van der Waals surface area contributed by atoms with E-state index < -0.39 is 12.0 Å². The maximum atomic E-state index is 11.4. The van der Waals surface area contributed by atoms with E-state index >= 15 is 0 Å². The number of nitrogens with one attached hydrogen (secondary N) is 2. The van der Waals surface area contributed by atoms with Crippen LogP contribution in [-0.4, -0.2) is 42.0 Å². The Balaban J connectivity index is 2.93. The summed E-state index contributed by atoms with van der Waals surface area (Å²) in [5.41, 5.74) is 0.608. The number of anilines is 1. The van der Waals surface area contributed by atoms with Gasteiger partial charge >= 0.3 is 5.97 Å². The van der Waals surface area contributed by atoms with Crippen LogP contribution in [0.15, 0.2) is 6.07 Å². The molecule has 1 rings (SSSR count). The first-order valence-electron chi connectivity index (χ1n) is 5.40. The maximum Gasteiger partial charge on any atom is 0.376 e. The third kappa shape index (κ3) is 3.41. The number of ether oxygens (including phenoxy) is 1. The predicted molar refractivity (Wildman–Crippen MR) is 65.3 cm³/mol. The van der Waals surface area contributed by atoms with Gasteiger partial charge in [0.05, 0.1) is 7.11 Å². The van der Waals surface area contributed by atoms with E-state index in [1.54, 1.807) is 27.0 Å². The van der Waals surface area contributed by atoms with Crippen molar-refractivity contribution in [2.24, 2.45) is 0 Å². The molecular weight excluding hydrogens is 236 g/mol. The number of aromatic nitrogens is 2. The number of methoxy groups -OCH3 is 1. The Labute approximate surface area is 105 Å². The lowest BCUT2D eigenvalue weighted by Gasteiger charge is -2.13. The van der Waals surface area contributed by atoms with Gasteiger partial charge < -0.3 is 15.4 Å². The molecule has 1 heterocycles. The van der Waals surface area contributed by atoms with Crippen molar-refractivity contribution in [3.05, 3.63) is 17.6 Å². The summed E-state index contributed by atoms with van der Waals surface area (Å²) >= 11 is 0. The number of carbonyl (C=O) groups is 2. The molecule has 1 aromatic heterocycles. The highest BCUT2D eigenvalue weighted by atomic mass is 16.5. The number of hydrogen-bond acceptors (Lipinski definition) is 6. The molecule has 0 aliphatic heterocycles. The Morgan fingerprint density at radius 2 is 2.06 bits per heavy atom. The van der Waals surface area contributed by atoms with Crippen LogP contribution in [0.3, 0.4) is 0 Å². The van der Waals surface area contributed by atoms with Gasteiger partial charge in [0.15, 0.2) is 0 Å². The topological polar surface area (TPSA) is 93.2 Å². The van der Waals surface area contributed by atoms with Gasteiger partial charge in [-0.2, -0.15) is 0 Å². The monoisotopic (exact) mass is 252 g/mol. The number of hydrogen-bond donors (Lipinski definition) is 2. The van der Waals surface area contributed by atoms with E-state index in [0.717, 1.165) is 0 Å². The highest BCUT2D eigenvalue weighted by molar-refractivity contribution is 5.86. The lowest BCUT2D eigenvalue weighted by Crippen LogP contribution is -2.35. The normalized spacial score (nSPS) is 11.6. The highest BCUT2D eigenvalue weighted by Crippen LogP contribution is 2.08. The molecule has 0 bridgehead atoms. The van der Waals surface area contributed by atoms with Gasteiger partial charge in [0, 0.05) is 18.8 Å². The first-order chi connectivity index (χ1) is 8.47. The van der Waals surface area contributed by atoms with Crippen LogP contribution < -0.4 is 10.6 Å². The molecule has 0 aromatic carbocycles. The summed E-state index contributed by atoms with van der Waals surface area (Å²) in [7, 11) is 2.81. The van der Waals surface area contributed by atoms with Crippen molar-refractivity contribution < 1.29 is 14.3 Å². The van der Waals surface area contributed by atoms with Gasteiger partial charge in [-0.15, -0.1) is 0 Å². The van der Waals surface area contributed by atoms with Crippen LogP contribution in [0.5, 0.6) is 0 Å². The van der Waals surface area contributed by atoms with Crippen LogP contribution in [0.2, 0.25) is 0 Å². The fourth-order valence-electron chi connectivity index (χ4n) is 1.33. The van der Waals surface area contributed by atoms with Crippen LogP contribution in [-0.2, 0) is 9.53 Å². The first kappa shape index (κ1) is 13.9. The molecule has 0 saturated carbocycles. The Morgan fingerprint density at radius 3 is 2.61 bits per heavy atom. The zero-order valence-corrected chi connectivity index (χ0v) is 10.8. The lowest BCUT2D eigenvalue weighted by atomic mass is 10.3. The minimum atomic E-state index is -0.616. The van der Waals surface area contributed by atoms with Gasteiger partial charge in [0.2, 0.25) is 11.7 Å². The van der Waals surface area contributed by atoms with E-state index in [2.05, 4.69) is 25.3 Å². The molecule has 2 N–H and O–H groups in total. The second kappa shape index (κ2) is 5.95. The van der Waals surface area contributed by atoms with Crippen LogP contribution in [0, 0.1) is 6.92 Å². The Bertz CT molecular complexity index is 462. The molecule has 1 unspecified atom stereocenters. The van der Waals surface area contributed by atoms with Gasteiger partial charge in [-0.1, -0.05) is 0 Å². The molecule has 1 aromatic rings. The van der Waals surface area contributed by atoms with Crippen LogP contribution >= 0.6 is 0 Å². The molecule has 7 heteroatoms. The summed E-state index contributed by atoms with van der Waals surface area (Å²) < 4.78 is 4.55. The number of carbonyl (C=O) groups excluding carboxylic acids is 2. The summed E-state index contributed by atoms with van der Waals surface area (Å²) in [6.45, 7) is 3.41. The van der Waals surface area contributed by atoms with Gasteiger partial charge in [-0.3, -0.25) is 4.79 Å². The molecule has 1 atom stereocenters. The first-order valence-corrected chi connectivity index (χ1v) is 5.40. The molecular formula is C11H16N4O3. The summed E-state index contributed by atoms with van der Waals surface area (Å²) in [5, 5.41) is 5.39. The third-order valence-corrected chi connectivity index (χ3v) is 2.23. The average molecular weight is 252 g/mol. The third-order valence-electron chi connectivity index (χ3n) is 2.23. The van der Waals surface area contributed by atoms with Gasteiger partial charge in [0.1, 0.15) is 11.9 Å². The maximum absolute atomic E-state index is 11.4. The summed E-state index contributed by atoms with van der Waals surface area (Å²) in [4.78, 5) is 30.6. The fourth-order valence-corrected chi connectivity index (χ4v) is 1.33. The zero-order valence-electron chi connectivity index (χ0n) is 10.8. The van der Waals surface area contributed by atoms with Gasteiger partial charge in [-0.05, 0) is 13.8 Å². The summed E-state index contributed by atoms with van der Waals surface area (Å²) in [5.74, 6) is -0.427. The average Bonchev–Trinajstić information content (AvgIpc) is 2.35. The lowest BCUT2D eigenvalue weighted by molar-refractivity contribution is -0.121. The molecule has 0 fully saturated rings. The van der Waals surface area contributed by atoms with Crippen molar-refractivity contribution >= 4 is 17.7 Å². The second-order valence-corrected chi connectivity index (χ2v) is 3.69. The summed E-state index contributed by atoms with van der Waals surface area (Å²) in [6.07, 6.45) is 0. The van der Waals surface area contributed by atoms with E-state index in [-0.39, 0.29) is 11.7 Å². The molecule has 7 nitrogen and oxygen atoms in total. The number of amides is 1. The largest absolute Gasteiger partial charge is 0.463 e. The standard InChI is InChI=1S/C11H16N4O3/c1-6-5-8(14-7(2)10(16)12-3)15-9(13-6)11(17)18-4/h5,7H,1-4H3,(H,12,16)(H,13,14,15). The van der Waals surface area contributed by atoms with E-state index in [4.69, 9.17) is 0 Å². The summed E-state index contributed by atoms with van der Waals surface area (Å²) in [6, 6.07) is 1.18. The van der Waals surface area contributed by atoms with E-state index in [9.17, 15) is 9.59 Å². The number of aryl methyl sites for hydroxylation is 1. The zero-order chi connectivity index (χ0) is 13.7. The van der Waals surface area contributed by atoms with Crippen molar-refractivity contribution in [2.75, 3.05) is 19.5 Å². The van der Waals surface area contributed by atoms with E-state index in [1.165, 1.54) is 7.11 Å². The Kier molecular flexibility index (Phi) is 4.59. The Morgan fingerprint density at radius 1 is 1.39 bits per heavy atom.